The molecule has 0 aromatic carbocycles. The number of aliphatic hydroxyl groups is 1. The molecule has 0 aromatic rings. The van der Waals surface area contributed by atoms with Crippen molar-refractivity contribution < 1.29 is 14.6 Å². The van der Waals surface area contributed by atoms with E-state index in [4.69, 9.17) is 4.74 Å². The number of amides is 1. The Morgan fingerprint density at radius 1 is 1.45 bits per heavy atom. The number of carbonyl (C=O) groups is 1. The van der Waals surface area contributed by atoms with E-state index in [2.05, 4.69) is 10.9 Å². The minimum atomic E-state index is -1.25. The average Bonchev–Trinajstić information content (AvgIpc) is 1.80. The number of nitrogens with one attached hydrogen (secondary N) is 2. The van der Waals surface area contributed by atoms with Crippen LogP contribution in [0.15, 0.2) is 0 Å². The maximum atomic E-state index is 10.7. The molecule has 3 N–H and O–H groups in total. The van der Waals surface area contributed by atoms with Crippen molar-refractivity contribution in [1.82, 2.24) is 10.9 Å². The second-order valence-electron chi connectivity index (χ2n) is 3.22. The van der Waals surface area contributed by atoms with Crippen LogP contribution >= 0.6 is 0 Å². The van der Waals surface area contributed by atoms with Gasteiger partial charge in [-0.3, -0.25) is 5.43 Å². The summed E-state index contributed by atoms with van der Waals surface area (Å²) in [6, 6.07) is 0. The summed E-state index contributed by atoms with van der Waals surface area (Å²) in [7, 11) is 0. The van der Waals surface area contributed by atoms with Crippen LogP contribution in [0.5, 0.6) is 0 Å². The van der Waals surface area contributed by atoms with Gasteiger partial charge in [0, 0.05) is 0 Å². The van der Waals surface area contributed by atoms with E-state index < -0.39 is 17.4 Å². The summed E-state index contributed by atoms with van der Waals surface area (Å²) in [4.78, 5) is 10.7. The number of hydrazine groups is 1. The maximum absolute atomic E-state index is 10.7. The smallest absolute Gasteiger partial charge is 0.422 e. The minimum Gasteiger partial charge on any atom is -0.438 e. The number of ether oxygens (including phenoxy) is 1. The van der Waals surface area contributed by atoms with Gasteiger partial charge in [0.05, 0.1) is 0 Å². The first-order chi connectivity index (χ1) is 4.85. The van der Waals surface area contributed by atoms with Gasteiger partial charge in [0.15, 0.2) is 11.3 Å². The Morgan fingerprint density at radius 3 is 2.36 bits per heavy atom. The van der Waals surface area contributed by atoms with Crippen LogP contribution in [0.2, 0.25) is 0 Å². The Balaban J connectivity index is 2.80. The van der Waals surface area contributed by atoms with E-state index in [1.54, 1.807) is 13.8 Å². The Kier molecular flexibility index (Phi) is 1.57. The molecule has 5 nitrogen and oxygen atoms in total. The summed E-state index contributed by atoms with van der Waals surface area (Å²) in [5, 5.41) is 9.57. The largest absolute Gasteiger partial charge is 0.438 e. The van der Waals surface area contributed by atoms with E-state index in [1.165, 1.54) is 6.92 Å². The van der Waals surface area contributed by atoms with E-state index in [1.807, 2.05) is 0 Å². The zero-order chi connectivity index (χ0) is 8.70. The van der Waals surface area contributed by atoms with Crippen molar-refractivity contribution in [2.75, 3.05) is 0 Å². The molecule has 1 aliphatic heterocycles. The lowest BCUT2D eigenvalue weighted by atomic mass is 9.96. The van der Waals surface area contributed by atoms with Crippen molar-refractivity contribution in [3.63, 3.8) is 0 Å². The van der Waals surface area contributed by atoms with Gasteiger partial charge < -0.3 is 9.84 Å². The van der Waals surface area contributed by atoms with E-state index in [-0.39, 0.29) is 0 Å². The first kappa shape index (κ1) is 8.29. The van der Waals surface area contributed by atoms with Crippen molar-refractivity contribution in [2.45, 2.75) is 32.1 Å². The third-order valence-corrected chi connectivity index (χ3v) is 1.93. The van der Waals surface area contributed by atoms with Gasteiger partial charge in [-0.25, -0.2) is 4.79 Å². The Bertz CT molecular complexity index is 188. The highest BCUT2D eigenvalue weighted by molar-refractivity contribution is 5.68. The predicted molar refractivity (Wildman–Crippen MR) is 37.5 cm³/mol. The lowest BCUT2D eigenvalue weighted by Gasteiger charge is -2.43. The van der Waals surface area contributed by atoms with E-state index in [0.29, 0.717) is 0 Å². The lowest BCUT2D eigenvalue weighted by molar-refractivity contribution is -0.169. The van der Waals surface area contributed by atoms with Gasteiger partial charge in [-0.05, 0) is 20.8 Å². The number of carbonyl (C=O) groups excluding carboxylic acids is 1. The molecular weight excluding hydrogens is 148 g/mol. The number of hydrogen-bond donors (Lipinski definition) is 3. The Morgan fingerprint density at radius 2 is 2.00 bits per heavy atom. The molecule has 0 unspecified atom stereocenters. The van der Waals surface area contributed by atoms with Crippen molar-refractivity contribution >= 4 is 6.09 Å². The summed E-state index contributed by atoms with van der Waals surface area (Å²) in [5.41, 5.74) is 2.43. The molecule has 1 saturated heterocycles. The monoisotopic (exact) mass is 160 g/mol. The first-order valence-electron chi connectivity index (χ1n) is 3.34. The number of cyclic esters (lactones) is 1. The summed E-state index contributed by atoms with van der Waals surface area (Å²) < 4.78 is 4.83. The fourth-order valence-corrected chi connectivity index (χ4v) is 0.680. The van der Waals surface area contributed by atoms with Crippen LogP contribution in [0.25, 0.3) is 0 Å². The molecule has 1 fully saturated rings. The van der Waals surface area contributed by atoms with Crippen molar-refractivity contribution in [3.05, 3.63) is 0 Å². The van der Waals surface area contributed by atoms with Crippen LogP contribution in [0.1, 0.15) is 20.8 Å². The summed E-state index contributed by atoms with van der Waals surface area (Å²) >= 11 is 0. The van der Waals surface area contributed by atoms with Crippen LogP contribution in [0.4, 0.5) is 4.79 Å². The van der Waals surface area contributed by atoms with Gasteiger partial charge in [-0.2, -0.15) is 5.43 Å². The average molecular weight is 160 g/mol. The van der Waals surface area contributed by atoms with E-state index in [0.717, 1.165) is 0 Å². The van der Waals surface area contributed by atoms with Gasteiger partial charge in [-0.15, -0.1) is 0 Å². The van der Waals surface area contributed by atoms with Gasteiger partial charge >= 0.3 is 6.09 Å². The maximum Gasteiger partial charge on any atom is 0.422 e. The fraction of sp³-hybridized carbons (Fsp3) is 0.833. The Hall–Kier alpha value is -0.810. The highest BCUT2D eigenvalue weighted by Gasteiger charge is 2.46. The van der Waals surface area contributed by atoms with Crippen molar-refractivity contribution in [2.24, 2.45) is 0 Å². The van der Waals surface area contributed by atoms with Crippen molar-refractivity contribution in [1.29, 1.82) is 0 Å². The molecule has 1 amide bonds. The van der Waals surface area contributed by atoms with Crippen LogP contribution in [0.3, 0.4) is 0 Å². The minimum absolute atomic E-state index is 0.582. The second kappa shape index (κ2) is 2.09. The molecule has 11 heavy (non-hydrogen) atoms. The molecule has 0 spiro atoms. The summed E-state index contributed by atoms with van der Waals surface area (Å²) in [6.07, 6.45) is -0.582. The third kappa shape index (κ3) is 1.29. The highest BCUT2D eigenvalue weighted by Crippen LogP contribution is 2.24. The zero-order valence-electron chi connectivity index (χ0n) is 6.76. The second-order valence-corrected chi connectivity index (χ2v) is 3.22. The van der Waals surface area contributed by atoms with Crippen LogP contribution < -0.4 is 10.9 Å². The Labute approximate surface area is 64.7 Å². The van der Waals surface area contributed by atoms with E-state index in [9.17, 15) is 9.90 Å². The van der Waals surface area contributed by atoms with Gasteiger partial charge in [-0.1, -0.05) is 0 Å². The molecule has 0 bridgehead atoms. The van der Waals surface area contributed by atoms with Crippen LogP contribution in [-0.2, 0) is 4.74 Å². The molecule has 0 saturated carbocycles. The molecule has 1 rings (SSSR count). The van der Waals surface area contributed by atoms with Crippen LogP contribution in [-0.4, -0.2) is 22.5 Å². The molecule has 0 radical (unpaired) electrons. The van der Waals surface area contributed by atoms with Gasteiger partial charge in [0.1, 0.15) is 0 Å². The lowest BCUT2D eigenvalue weighted by Crippen LogP contribution is -2.69. The summed E-state index contributed by atoms with van der Waals surface area (Å²) in [6.45, 7) is 4.77. The normalized spacial score (nSPS) is 35.8. The SMILES string of the molecule is CC1(C)OC(=O)NN[C@]1(C)O. The van der Waals surface area contributed by atoms with Gasteiger partial charge in [0.2, 0.25) is 0 Å². The van der Waals surface area contributed by atoms with Gasteiger partial charge in [0.25, 0.3) is 0 Å². The number of rotatable bonds is 0. The third-order valence-electron chi connectivity index (χ3n) is 1.93. The molecule has 0 aliphatic carbocycles. The zero-order valence-corrected chi connectivity index (χ0v) is 6.76. The molecule has 1 heterocycles. The van der Waals surface area contributed by atoms with Crippen molar-refractivity contribution in [3.8, 4) is 0 Å². The summed E-state index contributed by atoms with van der Waals surface area (Å²) in [5.74, 6) is 0. The molecule has 0 aromatic heterocycles. The highest BCUT2D eigenvalue weighted by atomic mass is 16.6. The van der Waals surface area contributed by atoms with Crippen LogP contribution in [0, 0.1) is 0 Å². The quantitative estimate of drug-likeness (QED) is 0.455. The molecule has 64 valence electrons. The standard InChI is InChI=1S/C6H12N2O3/c1-5(2)6(3,10)8-7-4(9)11-5/h8,10H,1-3H3,(H,7,9)/t6-/m1/s1. The topological polar surface area (TPSA) is 70.6 Å². The molecule has 1 aliphatic rings. The fourth-order valence-electron chi connectivity index (χ4n) is 0.680. The molecule has 1 atom stereocenters. The predicted octanol–water partition coefficient (Wildman–Crippen LogP) is -0.282. The molecular formula is C6H12N2O3. The molecule has 5 heteroatoms. The number of hydrogen-bond acceptors (Lipinski definition) is 4. The first-order valence-corrected chi connectivity index (χ1v) is 3.34. The van der Waals surface area contributed by atoms with E-state index >= 15 is 0 Å².